The van der Waals surface area contributed by atoms with Crippen molar-refractivity contribution in [1.82, 2.24) is 5.06 Å². The third-order valence-corrected chi connectivity index (χ3v) is 3.56. The fourth-order valence-electron chi connectivity index (χ4n) is 2.33. The zero-order valence-corrected chi connectivity index (χ0v) is 13.1. The maximum absolute atomic E-state index is 12.8. The molecule has 6 nitrogen and oxygen atoms in total. The second-order valence-corrected chi connectivity index (χ2v) is 5.32. The van der Waals surface area contributed by atoms with Crippen LogP contribution in [0.25, 0.3) is 0 Å². The van der Waals surface area contributed by atoms with E-state index in [1.54, 1.807) is 12.1 Å². The molecule has 128 valence electrons. The molecule has 1 heterocycles. The molecule has 0 aliphatic carbocycles. The fourth-order valence-corrected chi connectivity index (χ4v) is 2.33. The molecule has 0 saturated carbocycles. The summed E-state index contributed by atoms with van der Waals surface area (Å²) in [5.74, 6) is -1.91. The van der Waals surface area contributed by atoms with Crippen LogP contribution < -0.4 is 4.74 Å². The average Bonchev–Trinajstić information content (AvgIpc) is 2.86. The quantitative estimate of drug-likeness (QED) is 0.596. The number of carbonyl (C=O) groups excluding carboxylic acids is 3. The van der Waals surface area contributed by atoms with Crippen LogP contribution in [0.2, 0.25) is 0 Å². The summed E-state index contributed by atoms with van der Waals surface area (Å²) in [7, 11) is 0. The van der Waals surface area contributed by atoms with Crippen LogP contribution in [0.1, 0.15) is 33.6 Å². The Hall–Kier alpha value is -3.22. The van der Waals surface area contributed by atoms with Gasteiger partial charge in [0.05, 0.1) is 24.2 Å². The van der Waals surface area contributed by atoms with E-state index in [9.17, 15) is 18.8 Å². The lowest BCUT2D eigenvalue weighted by Gasteiger charge is -2.12. The topological polar surface area (TPSA) is 72.9 Å². The molecule has 2 aromatic rings. The first-order valence-electron chi connectivity index (χ1n) is 7.63. The number of hydrogen-bond donors (Lipinski definition) is 0. The molecule has 0 N–H and O–H groups in total. The Morgan fingerprint density at radius 1 is 0.960 bits per heavy atom. The van der Waals surface area contributed by atoms with E-state index in [2.05, 4.69) is 0 Å². The van der Waals surface area contributed by atoms with Crippen LogP contribution in [0.15, 0.2) is 48.5 Å². The van der Waals surface area contributed by atoms with Crippen LogP contribution in [-0.4, -0.2) is 29.5 Å². The minimum absolute atomic E-state index is 0.0331. The Kier molecular flexibility index (Phi) is 4.74. The smallest absolute Gasteiger partial charge is 0.333 e. The average molecular weight is 343 g/mol. The molecular weight excluding hydrogens is 329 g/mol. The summed E-state index contributed by atoms with van der Waals surface area (Å²) >= 11 is 0. The molecule has 25 heavy (non-hydrogen) atoms. The molecule has 2 aromatic carbocycles. The van der Waals surface area contributed by atoms with E-state index >= 15 is 0 Å². The molecule has 0 bridgehead atoms. The lowest BCUT2D eigenvalue weighted by atomic mass is 10.1. The highest BCUT2D eigenvalue weighted by atomic mass is 19.1. The standard InChI is InChI=1S/C18H14FNO5/c19-12-7-9-13(10-8-12)24-11-3-6-16(21)25-20-17(22)14-4-1-2-5-15(14)18(20)23/h1-2,4-5,7-10H,3,6,11H2. The van der Waals surface area contributed by atoms with Crippen molar-refractivity contribution in [3.63, 3.8) is 0 Å². The number of imide groups is 1. The van der Waals surface area contributed by atoms with Crippen molar-refractivity contribution in [2.24, 2.45) is 0 Å². The molecule has 0 unspecified atom stereocenters. The largest absolute Gasteiger partial charge is 0.494 e. The van der Waals surface area contributed by atoms with E-state index in [-0.39, 0.29) is 30.0 Å². The van der Waals surface area contributed by atoms with Gasteiger partial charge >= 0.3 is 5.97 Å². The van der Waals surface area contributed by atoms with Crippen molar-refractivity contribution in [3.05, 3.63) is 65.5 Å². The number of nitrogens with zero attached hydrogens (tertiary/aromatic N) is 1. The van der Waals surface area contributed by atoms with Crippen LogP contribution >= 0.6 is 0 Å². The van der Waals surface area contributed by atoms with E-state index in [1.807, 2.05) is 0 Å². The highest BCUT2D eigenvalue weighted by molar-refractivity contribution is 6.20. The fraction of sp³-hybridized carbons (Fsp3) is 0.167. The van der Waals surface area contributed by atoms with Crippen molar-refractivity contribution in [2.45, 2.75) is 12.8 Å². The van der Waals surface area contributed by atoms with Gasteiger partial charge in [0.15, 0.2) is 0 Å². The first-order chi connectivity index (χ1) is 12.1. The lowest BCUT2D eigenvalue weighted by molar-refractivity contribution is -0.168. The third-order valence-electron chi connectivity index (χ3n) is 3.56. The number of hydroxylamine groups is 2. The normalized spacial score (nSPS) is 12.9. The summed E-state index contributed by atoms with van der Waals surface area (Å²) in [4.78, 5) is 40.8. The molecule has 0 spiro atoms. The minimum Gasteiger partial charge on any atom is -0.494 e. The number of ether oxygens (including phenoxy) is 1. The molecule has 0 fully saturated rings. The Balaban J connectivity index is 1.46. The van der Waals surface area contributed by atoms with Gasteiger partial charge in [-0.3, -0.25) is 9.59 Å². The summed E-state index contributed by atoms with van der Waals surface area (Å²) in [5, 5.41) is 0.480. The Labute approximate surface area is 142 Å². The maximum atomic E-state index is 12.8. The van der Waals surface area contributed by atoms with Crippen LogP contribution in [0, 0.1) is 5.82 Å². The first kappa shape index (κ1) is 16.6. The maximum Gasteiger partial charge on any atom is 0.333 e. The SMILES string of the molecule is O=C(CCCOc1ccc(F)cc1)ON1C(=O)c2ccccc2C1=O. The number of carbonyl (C=O) groups is 3. The van der Waals surface area contributed by atoms with Crippen LogP contribution in [0.4, 0.5) is 4.39 Å². The molecule has 1 aliphatic heterocycles. The van der Waals surface area contributed by atoms with E-state index in [0.29, 0.717) is 17.2 Å². The second-order valence-electron chi connectivity index (χ2n) is 5.32. The number of hydrogen-bond acceptors (Lipinski definition) is 5. The van der Waals surface area contributed by atoms with Gasteiger partial charge in [-0.15, -0.1) is 0 Å². The Morgan fingerprint density at radius 2 is 1.56 bits per heavy atom. The zero-order valence-electron chi connectivity index (χ0n) is 13.1. The molecule has 3 rings (SSSR count). The monoisotopic (exact) mass is 343 g/mol. The van der Waals surface area contributed by atoms with Gasteiger partial charge in [-0.2, -0.15) is 0 Å². The number of benzene rings is 2. The molecule has 2 amide bonds. The summed E-state index contributed by atoms with van der Waals surface area (Å²) in [6.45, 7) is 0.211. The molecule has 0 saturated heterocycles. The predicted octanol–water partition coefficient (Wildman–Crippen LogP) is 2.74. The second kappa shape index (κ2) is 7.12. The van der Waals surface area contributed by atoms with Gasteiger partial charge < -0.3 is 9.57 Å². The number of amides is 2. The molecule has 0 atom stereocenters. The van der Waals surface area contributed by atoms with Crippen molar-refractivity contribution in [2.75, 3.05) is 6.61 Å². The number of fused-ring (bicyclic) bond motifs is 1. The summed E-state index contributed by atoms with van der Waals surface area (Å²) in [6.07, 6.45) is 0.286. The van der Waals surface area contributed by atoms with Crippen LogP contribution in [0.5, 0.6) is 5.75 Å². The van der Waals surface area contributed by atoms with Gasteiger partial charge in [-0.1, -0.05) is 17.2 Å². The van der Waals surface area contributed by atoms with Crippen LogP contribution in [-0.2, 0) is 9.63 Å². The van der Waals surface area contributed by atoms with Crippen molar-refractivity contribution in [1.29, 1.82) is 0 Å². The molecule has 7 heteroatoms. The highest BCUT2D eigenvalue weighted by Crippen LogP contribution is 2.23. The van der Waals surface area contributed by atoms with Gasteiger partial charge in [0, 0.05) is 0 Å². The molecule has 0 radical (unpaired) electrons. The van der Waals surface area contributed by atoms with Gasteiger partial charge in [-0.25, -0.2) is 9.18 Å². The first-order valence-corrected chi connectivity index (χ1v) is 7.63. The summed E-state index contributed by atoms with van der Waals surface area (Å²) < 4.78 is 18.1. The van der Waals surface area contributed by atoms with Crippen molar-refractivity contribution < 1.29 is 28.3 Å². The van der Waals surface area contributed by atoms with Gasteiger partial charge in [0.25, 0.3) is 11.8 Å². The van der Waals surface area contributed by atoms with Crippen molar-refractivity contribution in [3.8, 4) is 5.75 Å². The summed E-state index contributed by atoms with van der Waals surface area (Å²) in [6, 6.07) is 11.8. The van der Waals surface area contributed by atoms with E-state index in [4.69, 9.17) is 9.57 Å². The minimum atomic E-state index is -0.711. The van der Waals surface area contributed by atoms with E-state index in [1.165, 1.54) is 36.4 Å². The Bertz CT molecular complexity index is 783. The number of halogens is 1. The molecule has 1 aliphatic rings. The molecular formula is C18H14FNO5. The van der Waals surface area contributed by atoms with E-state index in [0.717, 1.165) is 0 Å². The summed E-state index contributed by atoms with van der Waals surface area (Å²) in [5.41, 5.74) is 0.417. The number of rotatable bonds is 6. The molecule has 0 aromatic heterocycles. The Morgan fingerprint density at radius 3 is 2.16 bits per heavy atom. The lowest BCUT2D eigenvalue weighted by Crippen LogP contribution is -2.32. The van der Waals surface area contributed by atoms with E-state index < -0.39 is 17.8 Å². The van der Waals surface area contributed by atoms with Gasteiger partial charge in [0.1, 0.15) is 11.6 Å². The van der Waals surface area contributed by atoms with Crippen molar-refractivity contribution >= 4 is 17.8 Å². The zero-order chi connectivity index (χ0) is 17.8. The van der Waals surface area contributed by atoms with Gasteiger partial charge in [-0.05, 0) is 42.8 Å². The van der Waals surface area contributed by atoms with Crippen LogP contribution in [0.3, 0.4) is 0 Å². The predicted molar refractivity (Wildman–Crippen MR) is 84.2 cm³/mol. The highest BCUT2D eigenvalue weighted by Gasteiger charge is 2.38. The van der Waals surface area contributed by atoms with Gasteiger partial charge in [0.2, 0.25) is 0 Å². The third kappa shape index (κ3) is 3.65.